The largest absolute Gasteiger partial charge is 0.339 e. The third-order valence-electron chi connectivity index (χ3n) is 3.42. The molecule has 0 saturated carbocycles. The molecular weight excluding hydrogens is 254 g/mol. The highest BCUT2D eigenvalue weighted by molar-refractivity contribution is 7.09. The van der Waals surface area contributed by atoms with Crippen molar-refractivity contribution < 1.29 is 4.79 Å². The van der Waals surface area contributed by atoms with Crippen LogP contribution in [-0.2, 0) is 11.2 Å². The topological polar surface area (TPSA) is 20.3 Å². The molecule has 0 saturated heterocycles. The highest BCUT2D eigenvalue weighted by Crippen LogP contribution is 2.20. The number of aryl methyl sites for hydroxylation is 1. The SMILES string of the molecule is CC(c1ccccc1)N(C)C(=O)CCc1cccs1. The fraction of sp³-hybridized carbons (Fsp3) is 0.312. The van der Waals surface area contributed by atoms with E-state index in [2.05, 4.69) is 30.5 Å². The number of carbonyl (C=O) groups excluding carboxylic acids is 1. The van der Waals surface area contributed by atoms with Gasteiger partial charge in [0.15, 0.2) is 0 Å². The van der Waals surface area contributed by atoms with Crippen molar-refractivity contribution in [2.24, 2.45) is 0 Å². The quantitative estimate of drug-likeness (QED) is 0.809. The van der Waals surface area contributed by atoms with Gasteiger partial charge >= 0.3 is 0 Å². The van der Waals surface area contributed by atoms with Crippen molar-refractivity contribution in [2.75, 3.05) is 7.05 Å². The molecule has 0 aliphatic carbocycles. The first kappa shape index (κ1) is 13.8. The number of carbonyl (C=O) groups is 1. The van der Waals surface area contributed by atoms with Gasteiger partial charge in [0.2, 0.25) is 5.91 Å². The second kappa shape index (κ2) is 6.53. The van der Waals surface area contributed by atoms with Gasteiger partial charge in [0.25, 0.3) is 0 Å². The molecule has 0 aliphatic rings. The van der Waals surface area contributed by atoms with Crippen molar-refractivity contribution in [3.8, 4) is 0 Å². The van der Waals surface area contributed by atoms with E-state index in [1.165, 1.54) is 10.4 Å². The Morgan fingerprint density at radius 2 is 1.95 bits per heavy atom. The molecule has 1 heterocycles. The molecule has 1 atom stereocenters. The number of hydrogen-bond donors (Lipinski definition) is 0. The number of hydrogen-bond acceptors (Lipinski definition) is 2. The van der Waals surface area contributed by atoms with Gasteiger partial charge in [-0.3, -0.25) is 4.79 Å². The summed E-state index contributed by atoms with van der Waals surface area (Å²) in [5, 5.41) is 2.05. The van der Waals surface area contributed by atoms with E-state index in [-0.39, 0.29) is 11.9 Å². The molecule has 0 spiro atoms. The van der Waals surface area contributed by atoms with Crippen molar-refractivity contribution in [1.29, 1.82) is 0 Å². The predicted molar refractivity (Wildman–Crippen MR) is 80.3 cm³/mol. The lowest BCUT2D eigenvalue weighted by Crippen LogP contribution is -2.29. The number of nitrogens with zero attached hydrogens (tertiary/aromatic N) is 1. The maximum atomic E-state index is 12.2. The van der Waals surface area contributed by atoms with Gasteiger partial charge in [-0.15, -0.1) is 11.3 Å². The minimum Gasteiger partial charge on any atom is -0.339 e. The Bertz CT molecular complexity index is 507. The summed E-state index contributed by atoms with van der Waals surface area (Å²) in [6.45, 7) is 2.07. The molecule has 0 radical (unpaired) electrons. The average molecular weight is 273 g/mol. The maximum Gasteiger partial charge on any atom is 0.223 e. The summed E-state index contributed by atoms with van der Waals surface area (Å²) in [5.74, 6) is 0.199. The van der Waals surface area contributed by atoms with Crippen LogP contribution in [0.5, 0.6) is 0 Å². The summed E-state index contributed by atoms with van der Waals surface area (Å²) in [5.41, 5.74) is 1.18. The molecule has 0 aliphatic heterocycles. The molecule has 1 aromatic carbocycles. The van der Waals surface area contributed by atoms with Crippen molar-refractivity contribution >= 4 is 17.2 Å². The van der Waals surface area contributed by atoms with Crippen LogP contribution in [0.3, 0.4) is 0 Å². The van der Waals surface area contributed by atoms with Crippen LogP contribution in [0.25, 0.3) is 0 Å². The van der Waals surface area contributed by atoms with Crippen LogP contribution in [0.1, 0.15) is 29.8 Å². The minimum absolute atomic E-state index is 0.122. The molecule has 19 heavy (non-hydrogen) atoms. The van der Waals surface area contributed by atoms with E-state index >= 15 is 0 Å². The predicted octanol–water partition coefficient (Wildman–Crippen LogP) is 3.90. The normalized spacial score (nSPS) is 12.1. The monoisotopic (exact) mass is 273 g/mol. The zero-order valence-electron chi connectivity index (χ0n) is 11.4. The first-order chi connectivity index (χ1) is 9.18. The van der Waals surface area contributed by atoms with Gasteiger partial charge in [0.1, 0.15) is 0 Å². The lowest BCUT2D eigenvalue weighted by Gasteiger charge is -2.25. The van der Waals surface area contributed by atoms with Crippen LogP contribution in [-0.4, -0.2) is 17.9 Å². The molecule has 0 bridgehead atoms. The summed E-state index contributed by atoms with van der Waals surface area (Å²) in [6.07, 6.45) is 1.41. The van der Waals surface area contributed by atoms with E-state index < -0.39 is 0 Å². The second-order valence-electron chi connectivity index (χ2n) is 4.67. The smallest absolute Gasteiger partial charge is 0.223 e. The Labute approximate surface area is 118 Å². The molecule has 0 N–H and O–H groups in total. The van der Waals surface area contributed by atoms with Gasteiger partial charge in [-0.2, -0.15) is 0 Å². The number of amides is 1. The van der Waals surface area contributed by atoms with Crippen LogP contribution in [0.2, 0.25) is 0 Å². The number of thiophene rings is 1. The Balaban J connectivity index is 1.91. The third-order valence-corrected chi connectivity index (χ3v) is 4.36. The molecule has 2 aromatic rings. The highest BCUT2D eigenvalue weighted by atomic mass is 32.1. The molecule has 1 unspecified atom stereocenters. The average Bonchev–Trinajstić information content (AvgIpc) is 2.97. The van der Waals surface area contributed by atoms with E-state index in [0.717, 1.165) is 6.42 Å². The van der Waals surface area contributed by atoms with E-state index in [9.17, 15) is 4.79 Å². The standard InChI is InChI=1S/C16H19NOS/c1-13(14-7-4-3-5-8-14)17(2)16(18)11-10-15-9-6-12-19-15/h3-9,12-13H,10-11H2,1-2H3. The van der Waals surface area contributed by atoms with Crippen molar-refractivity contribution in [3.05, 3.63) is 58.3 Å². The summed E-state index contributed by atoms with van der Waals surface area (Å²) in [7, 11) is 1.88. The molecule has 2 rings (SSSR count). The maximum absolute atomic E-state index is 12.2. The van der Waals surface area contributed by atoms with Crippen LogP contribution < -0.4 is 0 Å². The zero-order valence-corrected chi connectivity index (χ0v) is 12.2. The second-order valence-corrected chi connectivity index (χ2v) is 5.70. The molecule has 2 nitrogen and oxygen atoms in total. The first-order valence-corrected chi connectivity index (χ1v) is 7.39. The van der Waals surface area contributed by atoms with Gasteiger partial charge in [0, 0.05) is 18.3 Å². The molecule has 3 heteroatoms. The highest BCUT2D eigenvalue weighted by Gasteiger charge is 2.16. The Hall–Kier alpha value is -1.61. The first-order valence-electron chi connectivity index (χ1n) is 6.51. The van der Waals surface area contributed by atoms with Gasteiger partial charge in [-0.1, -0.05) is 36.4 Å². The van der Waals surface area contributed by atoms with Crippen molar-refractivity contribution in [3.63, 3.8) is 0 Å². The molecule has 1 aromatic heterocycles. The lowest BCUT2D eigenvalue weighted by molar-refractivity contribution is -0.131. The van der Waals surface area contributed by atoms with Gasteiger partial charge < -0.3 is 4.90 Å². The van der Waals surface area contributed by atoms with Gasteiger partial charge in [-0.05, 0) is 30.4 Å². The Morgan fingerprint density at radius 1 is 1.21 bits per heavy atom. The Kier molecular flexibility index (Phi) is 4.74. The fourth-order valence-electron chi connectivity index (χ4n) is 2.03. The Morgan fingerprint density at radius 3 is 2.58 bits per heavy atom. The zero-order chi connectivity index (χ0) is 13.7. The number of rotatable bonds is 5. The van der Waals surface area contributed by atoms with Crippen LogP contribution >= 0.6 is 11.3 Å². The van der Waals surface area contributed by atoms with Gasteiger partial charge in [-0.25, -0.2) is 0 Å². The van der Waals surface area contributed by atoms with E-state index in [4.69, 9.17) is 0 Å². The fourth-order valence-corrected chi connectivity index (χ4v) is 2.74. The lowest BCUT2D eigenvalue weighted by atomic mass is 10.1. The van der Waals surface area contributed by atoms with E-state index in [1.807, 2.05) is 36.2 Å². The number of benzene rings is 1. The summed E-state index contributed by atoms with van der Waals surface area (Å²) in [6, 6.07) is 14.4. The van der Waals surface area contributed by atoms with Crippen LogP contribution in [0.15, 0.2) is 47.8 Å². The third kappa shape index (κ3) is 3.67. The molecule has 100 valence electrons. The van der Waals surface area contributed by atoms with Crippen molar-refractivity contribution in [2.45, 2.75) is 25.8 Å². The van der Waals surface area contributed by atoms with E-state index in [0.29, 0.717) is 6.42 Å². The molecule has 0 fully saturated rings. The van der Waals surface area contributed by atoms with Crippen molar-refractivity contribution in [1.82, 2.24) is 4.90 Å². The van der Waals surface area contributed by atoms with Gasteiger partial charge in [0.05, 0.1) is 6.04 Å². The van der Waals surface area contributed by atoms with E-state index in [1.54, 1.807) is 11.3 Å². The molecule has 1 amide bonds. The summed E-state index contributed by atoms with van der Waals surface area (Å²) >= 11 is 1.71. The summed E-state index contributed by atoms with van der Waals surface area (Å²) in [4.78, 5) is 15.3. The molecular formula is C16H19NOS. The minimum atomic E-state index is 0.122. The van der Waals surface area contributed by atoms with Crippen LogP contribution in [0.4, 0.5) is 0 Å². The summed E-state index contributed by atoms with van der Waals surface area (Å²) < 4.78 is 0. The van der Waals surface area contributed by atoms with Crippen LogP contribution in [0, 0.1) is 0 Å².